The fourth-order valence-corrected chi connectivity index (χ4v) is 7.84. The number of hydrogen-bond acceptors (Lipinski definition) is 12. The van der Waals surface area contributed by atoms with E-state index in [0.29, 0.717) is 48.4 Å². The Balaban J connectivity index is 0.819. The molecule has 0 radical (unpaired) electrons. The maximum atomic E-state index is 6.27. The Kier molecular flexibility index (Phi) is 12.3. The summed E-state index contributed by atoms with van der Waals surface area (Å²) < 4.78 is 35.8. The molecule has 7 rings (SSSR count). The number of para-hydroxylation sites is 1. The van der Waals surface area contributed by atoms with E-state index in [4.69, 9.17) is 38.2 Å². The van der Waals surface area contributed by atoms with Crippen LogP contribution in [0, 0.1) is 0 Å². The van der Waals surface area contributed by atoms with Crippen molar-refractivity contribution in [2.75, 3.05) is 80.9 Å². The van der Waals surface area contributed by atoms with Gasteiger partial charge in [0.1, 0.15) is 10.8 Å². The third-order valence-corrected chi connectivity index (χ3v) is 10.9. The number of nitrogens with zero attached hydrogens (tertiary/aromatic N) is 4. The van der Waals surface area contributed by atoms with E-state index in [2.05, 4.69) is 45.3 Å². The number of methoxy groups -OCH3 is 4. The molecule has 12 heteroatoms. The van der Waals surface area contributed by atoms with E-state index in [1.54, 1.807) is 39.8 Å². The second-order valence-electron chi connectivity index (χ2n) is 13.3. The maximum absolute atomic E-state index is 6.27. The van der Waals surface area contributed by atoms with Crippen molar-refractivity contribution in [3.05, 3.63) is 90.0 Å². The van der Waals surface area contributed by atoms with Crippen LogP contribution < -0.4 is 28.4 Å². The van der Waals surface area contributed by atoms with Crippen molar-refractivity contribution in [2.24, 2.45) is 5.16 Å². The monoisotopic (exact) mass is 752 g/mol. The van der Waals surface area contributed by atoms with E-state index in [0.717, 1.165) is 90.8 Å². The number of aromatic nitrogens is 1. The molecule has 0 saturated carbocycles. The minimum Gasteiger partial charge on any atom is -0.494 e. The van der Waals surface area contributed by atoms with Crippen molar-refractivity contribution >= 4 is 27.3 Å². The Hall–Kier alpha value is -5.04. The summed E-state index contributed by atoms with van der Waals surface area (Å²) in [5.41, 5.74) is 4.76. The number of fused-ring (bicyclic) bond motifs is 1. The second-order valence-corrected chi connectivity index (χ2v) is 14.3. The van der Waals surface area contributed by atoms with Crippen molar-refractivity contribution < 1.29 is 33.3 Å². The van der Waals surface area contributed by atoms with Gasteiger partial charge in [-0.3, -0.25) is 0 Å². The van der Waals surface area contributed by atoms with Gasteiger partial charge in [-0.05, 0) is 66.9 Å². The number of ether oxygens (including phenoxy) is 6. The summed E-state index contributed by atoms with van der Waals surface area (Å²) in [6.07, 6.45) is 2.25. The normalized spacial score (nSPS) is 16.1. The first-order valence-corrected chi connectivity index (χ1v) is 19.2. The van der Waals surface area contributed by atoms with E-state index in [-0.39, 0.29) is 6.10 Å². The molecule has 0 amide bonds. The molecule has 54 heavy (non-hydrogen) atoms. The fourth-order valence-electron chi connectivity index (χ4n) is 6.88. The first-order valence-electron chi connectivity index (χ1n) is 18.4. The molecule has 4 aromatic carbocycles. The zero-order valence-corrected chi connectivity index (χ0v) is 32.2. The number of oxime groups is 1. The number of benzene rings is 4. The second kappa shape index (κ2) is 17.9. The van der Waals surface area contributed by atoms with Crippen LogP contribution in [0.3, 0.4) is 0 Å². The Morgan fingerprint density at radius 1 is 0.685 bits per heavy atom. The van der Waals surface area contributed by atoms with Crippen LogP contribution >= 0.6 is 11.3 Å². The average Bonchev–Trinajstić information content (AvgIpc) is 3.90. The molecule has 3 heterocycles. The summed E-state index contributed by atoms with van der Waals surface area (Å²) >= 11 is 1.71. The number of hydrogen-bond donors (Lipinski definition) is 0. The minimum absolute atomic E-state index is 0.253. The predicted octanol–water partition coefficient (Wildman–Crippen LogP) is 7.72. The lowest BCUT2D eigenvalue weighted by Gasteiger charge is -2.34. The third kappa shape index (κ3) is 8.83. The van der Waals surface area contributed by atoms with Gasteiger partial charge in [0.15, 0.2) is 29.1 Å². The van der Waals surface area contributed by atoms with Gasteiger partial charge in [-0.15, -0.1) is 11.3 Å². The molecule has 0 N–H and O–H groups in total. The minimum atomic E-state index is -0.253. The van der Waals surface area contributed by atoms with Gasteiger partial charge in [0, 0.05) is 56.8 Å². The molecule has 0 aliphatic carbocycles. The van der Waals surface area contributed by atoms with Crippen LogP contribution in [0.1, 0.15) is 36.5 Å². The van der Waals surface area contributed by atoms with Crippen LogP contribution in [0.4, 0.5) is 0 Å². The lowest BCUT2D eigenvalue weighted by atomic mass is 9.99. The van der Waals surface area contributed by atoms with Crippen molar-refractivity contribution in [1.29, 1.82) is 0 Å². The molecule has 284 valence electrons. The van der Waals surface area contributed by atoms with Gasteiger partial charge in [-0.1, -0.05) is 35.5 Å². The van der Waals surface area contributed by atoms with Crippen LogP contribution in [-0.2, 0) is 4.84 Å². The smallest absolute Gasteiger partial charge is 0.203 e. The molecular weight excluding hydrogens is 705 g/mol. The number of piperazine rings is 1. The van der Waals surface area contributed by atoms with Crippen LogP contribution in [0.25, 0.3) is 20.8 Å². The predicted molar refractivity (Wildman–Crippen MR) is 212 cm³/mol. The van der Waals surface area contributed by atoms with E-state index in [1.807, 2.05) is 48.5 Å². The summed E-state index contributed by atoms with van der Waals surface area (Å²) in [5.74, 6) is 3.97. The van der Waals surface area contributed by atoms with Gasteiger partial charge < -0.3 is 43.1 Å². The zero-order chi connectivity index (χ0) is 37.3. The summed E-state index contributed by atoms with van der Waals surface area (Å²) in [6.45, 7) is 7.53. The van der Waals surface area contributed by atoms with Crippen molar-refractivity contribution in [3.63, 3.8) is 0 Å². The molecule has 2 aliphatic rings. The first-order chi connectivity index (χ1) is 26.5. The Bertz CT molecular complexity index is 1990. The number of rotatable bonds is 17. The SMILES string of the molecule is COc1ccc(C2CC(c3cc(OC)c(OC)c(OC)c3)=NO2)cc1OCCCN1CCN(CCCOc2cccc(-c3nc4ccccc4s3)c2)CC1. The summed E-state index contributed by atoms with van der Waals surface area (Å²) in [4.78, 5) is 15.7. The van der Waals surface area contributed by atoms with Gasteiger partial charge in [0.25, 0.3) is 0 Å². The molecule has 5 aromatic rings. The molecule has 1 atom stereocenters. The highest BCUT2D eigenvalue weighted by Gasteiger charge is 2.27. The van der Waals surface area contributed by atoms with Gasteiger partial charge in [0.05, 0.1) is 57.6 Å². The first kappa shape index (κ1) is 37.3. The molecule has 1 saturated heterocycles. The molecule has 0 spiro atoms. The maximum Gasteiger partial charge on any atom is 0.203 e. The summed E-state index contributed by atoms with van der Waals surface area (Å²) in [7, 11) is 6.45. The van der Waals surface area contributed by atoms with Crippen LogP contribution in [-0.4, -0.2) is 101 Å². The lowest BCUT2D eigenvalue weighted by molar-refractivity contribution is 0.0854. The van der Waals surface area contributed by atoms with Crippen LogP contribution in [0.15, 0.2) is 84.0 Å². The molecule has 1 fully saturated rings. The van der Waals surface area contributed by atoms with Gasteiger partial charge >= 0.3 is 0 Å². The van der Waals surface area contributed by atoms with E-state index in [1.165, 1.54) is 4.70 Å². The van der Waals surface area contributed by atoms with Crippen molar-refractivity contribution in [2.45, 2.75) is 25.4 Å². The molecule has 0 bridgehead atoms. The Labute approximate surface area is 321 Å². The lowest BCUT2D eigenvalue weighted by Crippen LogP contribution is -2.47. The van der Waals surface area contributed by atoms with E-state index < -0.39 is 0 Å². The topological polar surface area (TPSA) is 96.3 Å². The zero-order valence-electron chi connectivity index (χ0n) is 31.4. The quantitative estimate of drug-likeness (QED) is 0.0879. The van der Waals surface area contributed by atoms with Crippen LogP contribution in [0.2, 0.25) is 0 Å². The van der Waals surface area contributed by atoms with E-state index in [9.17, 15) is 0 Å². The van der Waals surface area contributed by atoms with Gasteiger partial charge in [-0.25, -0.2) is 4.98 Å². The van der Waals surface area contributed by atoms with Crippen LogP contribution in [0.5, 0.6) is 34.5 Å². The largest absolute Gasteiger partial charge is 0.494 e. The van der Waals surface area contributed by atoms with Crippen molar-refractivity contribution in [1.82, 2.24) is 14.8 Å². The molecule has 1 aromatic heterocycles. The molecule has 11 nitrogen and oxygen atoms in total. The molecular formula is C42H48N4O7S. The highest BCUT2D eigenvalue weighted by molar-refractivity contribution is 7.21. The Morgan fingerprint density at radius 2 is 1.39 bits per heavy atom. The fraction of sp³-hybridized carbons (Fsp3) is 0.381. The average molecular weight is 753 g/mol. The standard InChI is InChI=1S/C42H48N4O7S/c1-47-35-15-14-29(36-28-34(44-53-36)31-26-38(48-2)41(50-4)39(27-31)49-3)25-37(35)52-23-9-17-46-20-18-45(19-21-46)16-8-22-51-32-11-7-10-30(24-32)42-43-33-12-5-6-13-40(33)54-42/h5-7,10-15,24-27,36H,8-9,16-23,28H2,1-4H3. The Morgan fingerprint density at radius 3 is 2.07 bits per heavy atom. The highest BCUT2D eigenvalue weighted by atomic mass is 32.1. The number of thiazole rings is 1. The third-order valence-electron chi connectivity index (χ3n) is 9.83. The summed E-state index contributed by atoms with van der Waals surface area (Å²) in [6, 6.07) is 26.2. The molecule has 2 aliphatic heterocycles. The van der Waals surface area contributed by atoms with Gasteiger partial charge in [0.2, 0.25) is 5.75 Å². The van der Waals surface area contributed by atoms with Gasteiger partial charge in [-0.2, -0.15) is 0 Å². The highest BCUT2D eigenvalue weighted by Crippen LogP contribution is 2.41. The van der Waals surface area contributed by atoms with Crippen molar-refractivity contribution in [3.8, 4) is 45.1 Å². The van der Waals surface area contributed by atoms with E-state index >= 15 is 0 Å². The summed E-state index contributed by atoms with van der Waals surface area (Å²) in [5, 5.41) is 5.42. The molecule has 1 unspecified atom stereocenters.